The predicted octanol–water partition coefficient (Wildman–Crippen LogP) is 7.87. The zero-order valence-corrected chi connectivity index (χ0v) is 27.5. The summed E-state index contributed by atoms with van der Waals surface area (Å²) < 4.78 is 45.7. The van der Waals surface area contributed by atoms with Crippen LogP contribution in [0.5, 0.6) is 11.5 Å². The van der Waals surface area contributed by atoms with Crippen LogP contribution in [0.1, 0.15) is 53.7 Å². The summed E-state index contributed by atoms with van der Waals surface area (Å²) in [5, 5.41) is 1.51. The van der Waals surface area contributed by atoms with Crippen LogP contribution in [0, 0.1) is 6.92 Å². The molecule has 0 bridgehead atoms. The number of sulfone groups is 1. The molecule has 4 aromatic carbocycles. The van der Waals surface area contributed by atoms with Gasteiger partial charge in [-0.15, -0.1) is 0 Å². The van der Waals surface area contributed by atoms with Gasteiger partial charge in [-0.05, 0) is 106 Å². The number of benzene rings is 4. The molecule has 0 aliphatic rings. The van der Waals surface area contributed by atoms with Gasteiger partial charge in [-0.1, -0.05) is 41.4 Å². The summed E-state index contributed by atoms with van der Waals surface area (Å²) in [6, 6.07) is 24.0. The minimum atomic E-state index is -4.38. The fourth-order valence-electron chi connectivity index (χ4n) is 4.91. The maximum atomic E-state index is 14.7. The minimum absolute atomic E-state index is 0.0246. The molecule has 1 amide bonds. The molecule has 4 aromatic rings. The largest absolute Gasteiger partial charge is 0.497 e. The third-order valence-electron chi connectivity index (χ3n) is 7.08. The van der Waals surface area contributed by atoms with Gasteiger partial charge < -0.3 is 14.2 Å². The third-order valence-corrected chi connectivity index (χ3v) is 9.41. The number of Topliss-reactive ketones (excluding diaryl/α,β-unsaturated/α-hetero) is 1. The molecule has 0 radical (unpaired) electrons. The number of ketones is 1. The highest BCUT2D eigenvalue weighted by molar-refractivity contribution is 7.93. The number of halogens is 1. The van der Waals surface area contributed by atoms with E-state index in [0.717, 1.165) is 5.56 Å². The molecule has 0 saturated carbocycles. The average molecular weight is 650 g/mol. The number of amides is 1. The molecule has 2 atom stereocenters. The second kappa shape index (κ2) is 13.7. The number of rotatable bonds is 10. The Morgan fingerprint density at radius 3 is 1.93 bits per heavy atom. The summed E-state index contributed by atoms with van der Waals surface area (Å²) in [7, 11) is -1.41. The highest BCUT2D eigenvalue weighted by Crippen LogP contribution is 2.42. The average Bonchev–Trinajstić information content (AvgIpc) is 2.99. The molecule has 8 nitrogen and oxygen atoms in total. The first-order chi connectivity index (χ1) is 21.2. The zero-order chi connectivity index (χ0) is 32.9. The van der Waals surface area contributed by atoms with Gasteiger partial charge in [0.2, 0.25) is 0 Å². The van der Waals surface area contributed by atoms with Crippen molar-refractivity contribution < 1.29 is 32.2 Å². The van der Waals surface area contributed by atoms with E-state index in [-0.39, 0.29) is 16.1 Å². The van der Waals surface area contributed by atoms with E-state index in [0.29, 0.717) is 27.6 Å². The molecule has 2 unspecified atom stereocenters. The molecule has 0 aromatic heterocycles. The lowest BCUT2D eigenvalue weighted by Gasteiger charge is -2.30. The second-order valence-corrected chi connectivity index (χ2v) is 14.0. The Morgan fingerprint density at radius 2 is 1.38 bits per heavy atom. The summed E-state index contributed by atoms with van der Waals surface area (Å²) in [6.07, 6.45) is -0.747. The van der Waals surface area contributed by atoms with Crippen LogP contribution in [0.25, 0.3) is 0 Å². The zero-order valence-electron chi connectivity index (χ0n) is 26.0. The second-order valence-electron chi connectivity index (χ2n) is 11.5. The van der Waals surface area contributed by atoms with Gasteiger partial charge in [0, 0.05) is 22.2 Å². The van der Waals surface area contributed by atoms with E-state index < -0.39 is 38.5 Å². The summed E-state index contributed by atoms with van der Waals surface area (Å²) in [5.74, 6) is -0.884. The van der Waals surface area contributed by atoms with E-state index in [2.05, 4.69) is 5.32 Å². The van der Waals surface area contributed by atoms with E-state index in [1.807, 2.05) is 6.92 Å². The molecule has 0 aliphatic carbocycles. The first kappa shape index (κ1) is 33.6. The van der Waals surface area contributed by atoms with Crippen LogP contribution < -0.4 is 14.8 Å². The fraction of sp³-hybridized carbons (Fsp3) is 0.257. The first-order valence-corrected chi connectivity index (χ1v) is 16.1. The molecule has 45 heavy (non-hydrogen) atoms. The Balaban J connectivity index is 2.03. The van der Waals surface area contributed by atoms with Gasteiger partial charge in [0.1, 0.15) is 22.4 Å². The molecule has 0 saturated heterocycles. The molecule has 0 fully saturated rings. The maximum absolute atomic E-state index is 14.7. The molecule has 0 spiro atoms. The normalized spacial score (nSPS) is 13.0. The SMILES string of the molecule is COc1ccc(C(=O)C(C(c2ccc(Cl)cc2)c2cc(OC)ccc2NC(=O)OC(C)(C)C)S(=O)(=O)c2ccc(C)cc2)cc1. The van der Waals surface area contributed by atoms with Crippen LogP contribution in [-0.4, -0.2) is 45.4 Å². The summed E-state index contributed by atoms with van der Waals surface area (Å²) in [5.41, 5.74) is 1.27. The molecule has 0 heterocycles. The number of anilines is 1. The molecule has 4 rings (SSSR count). The van der Waals surface area contributed by atoms with Crippen LogP contribution in [0.15, 0.2) is 95.9 Å². The van der Waals surface area contributed by atoms with Crippen molar-refractivity contribution in [2.24, 2.45) is 0 Å². The molecule has 236 valence electrons. The van der Waals surface area contributed by atoms with Crippen LogP contribution in [0.3, 0.4) is 0 Å². The van der Waals surface area contributed by atoms with E-state index in [1.165, 1.54) is 38.5 Å². The van der Waals surface area contributed by atoms with Gasteiger partial charge in [0.05, 0.1) is 19.1 Å². The van der Waals surface area contributed by atoms with E-state index in [9.17, 15) is 18.0 Å². The number of nitrogens with one attached hydrogen (secondary N) is 1. The van der Waals surface area contributed by atoms with Gasteiger partial charge in [0.25, 0.3) is 0 Å². The monoisotopic (exact) mass is 649 g/mol. The molecular weight excluding hydrogens is 614 g/mol. The van der Waals surface area contributed by atoms with Gasteiger partial charge in [-0.25, -0.2) is 13.2 Å². The van der Waals surface area contributed by atoms with Crippen molar-refractivity contribution in [2.75, 3.05) is 19.5 Å². The van der Waals surface area contributed by atoms with Crippen molar-refractivity contribution in [3.63, 3.8) is 0 Å². The predicted molar refractivity (Wildman–Crippen MR) is 176 cm³/mol. The van der Waals surface area contributed by atoms with Crippen molar-refractivity contribution in [2.45, 2.75) is 49.4 Å². The van der Waals surface area contributed by atoms with Gasteiger partial charge in [-0.3, -0.25) is 10.1 Å². The lowest BCUT2D eigenvalue weighted by Crippen LogP contribution is -2.37. The van der Waals surface area contributed by atoms with Crippen molar-refractivity contribution in [1.29, 1.82) is 0 Å². The number of hydrogen-bond donors (Lipinski definition) is 1. The molecule has 10 heteroatoms. The minimum Gasteiger partial charge on any atom is -0.497 e. The fourth-order valence-corrected chi connectivity index (χ4v) is 6.92. The quantitative estimate of drug-likeness (QED) is 0.174. The number of methoxy groups -OCH3 is 2. The molecule has 0 aliphatic heterocycles. The van der Waals surface area contributed by atoms with Crippen LogP contribution in [0.4, 0.5) is 10.5 Å². The van der Waals surface area contributed by atoms with Crippen molar-refractivity contribution in [3.05, 3.63) is 118 Å². The summed E-state index contributed by atoms with van der Waals surface area (Å²) >= 11 is 6.25. The Bertz CT molecular complexity index is 1760. The molecule has 1 N–H and O–H groups in total. The number of ether oxygens (including phenoxy) is 3. The highest BCUT2D eigenvalue weighted by atomic mass is 35.5. The van der Waals surface area contributed by atoms with Crippen molar-refractivity contribution in [3.8, 4) is 11.5 Å². The standard InChI is InChI=1S/C35H36ClNO7S/c1-22-7-18-28(19-8-22)45(40,41)33(32(38)24-11-15-26(42-5)16-12-24)31(23-9-13-25(36)14-10-23)29-21-27(43-6)17-20-30(29)37-34(39)44-35(2,3)4/h7-21,31,33H,1-6H3,(H,37,39). The van der Waals surface area contributed by atoms with Crippen molar-refractivity contribution >= 4 is 39.0 Å². The van der Waals surface area contributed by atoms with Crippen LogP contribution >= 0.6 is 11.6 Å². The number of carbonyl (C=O) groups excluding carboxylic acids is 2. The highest BCUT2D eigenvalue weighted by Gasteiger charge is 2.43. The first-order valence-electron chi connectivity index (χ1n) is 14.2. The Kier molecular flexibility index (Phi) is 10.3. The summed E-state index contributed by atoms with van der Waals surface area (Å²) in [6.45, 7) is 7.04. The van der Waals surface area contributed by atoms with Crippen LogP contribution in [0.2, 0.25) is 5.02 Å². The van der Waals surface area contributed by atoms with E-state index in [1.54, 1.807) is 87.5 Å². The smallest absolute Gasteiger partial charge is 0.412 e. The van der Waals surface area contributed by atoms with E-state index >= 15 is 0 Å². The number of hydrogen-bond acceptors (Lipinski definition) is 7. The van der Waals surface area contributed by atoms with Gasteiger partial charge in [0.15, 0.2) is 15.6 Å². The van der Waals surface area contributed by atoms with Crippen molar-refractivity contribution in [1.82, 2.24) is 0 Å². The maximum Gasteiger partial charge on any atom is 0.412 e. The Morgan fingerprint density at radius 1 is 0.800 bits per heavy atom. The third kappa shape index (κ3) is 8.04. The number of carbonyl (C=O) groups is 2. The Labute approximate surface area is 269 Å². The van der Waals surface area contributed by atoms with Gasteiger partial charge in [-0.2, -0.15) is 0 Å². The Hall–Kier alpha value is -4.34. The van der Waals surface area contributed by atoms with E-state index in [4.69, 9.17) is 25.8 Å². The number of aryl methyl sites for hydroxylation is 1. The molecular formula is C35H36ClNO7S. The van der Waals surface area contributed by atoms with Gasteiger partial charge >= 0.3 is 6.09 Å². The lowest BCUT2D eigenvalue weighted by atomic mass is 9.84. The topological polar surface area (TPSA) is 108 Å². The lowest BCUT2D eigenvalue weighted by molar-refractivity contribution is 0.0635. The van der Waals surface area contributed by atoms with Crippen LogP contribution in [-0.2, 0) is 14.6 Å². The summed E-state index contributed by atoms with van der Waals surface area (Å²) in [4.78, 5) is 27.5.